The molecule has 3 heterocycles. The van der Waals surface area contributed by atoms with Gasteiger partial charge in [-0.05, 0) is 25.1 Å². The van der Waals surface area contributed by atoms with E-state index in [9.17, 15) is 9.59 Å². The first-order valence-corrected chi connectivity index (χ1v) is 8.89. The lowest BCUT2D eigenvalue weighted by molar-refractivity contribution is -0.111. The van der Waals surface area contributed by atoms with E-state index in [4.69, 9.17) is 4.42 Å². The predicted molar refractivity (Wildman–Crippen MR) is 109 cm³/mol. The predicted octanol–water partition coefficient (Wildman–Crippen LogP) is 3.40. The number of rotatable bonds is 5. The number of hydrogen-bond donors (Lipinski definition) is 2. The third kappa shape index (κ3) is 3.91. The van der Waals surface area contributed by atoms with Gasteiger partial charge in [-0.1, -0.05) is 36.4 Å². The number of benzene rings is 1. The molecule has 0 aliphatic carbocycles. The number of carbonyl (C=O) groups excluding carboxylic acids is 1. The zero-order chi connectivity index (χ0) is 20.2. The minimum absolute atomic E-state index is 0.171. The maximum Gasteiger partial charge on any atom is 0.252 e. The van der Waals surface area contributed by atoms with Crippen LogP contribution >= 0.6 is 0 Å². The summed E-state index contributed by atoms with van der Waals surface area (Å²) in [5, 5.41) is 7.21. The zero-order valence-corrected chi connectivity index (χ0v) is 15.5. The van der Waals surface area contributed by atoms with E-state index >= 15 is 0 Å². The third-order valence-corrected chi connectivity index (χ3v) is 4.05. The van der Waals surface area contributed by atoms with Crippen molar-refractivity contribution in [1.29, 1.82) is 0 Å². The van der Waals surface area contributed by atoms with Crippen molar-refractivity contribution in [2.24, 2.45) is 0 Å². The molecule has 1 aromatic carbocycles. The summed E-state index contributed by atoms with van der Waals surface area (Å²) in [4.78, 5) is 31.6. The molecule has 0 saturated carbocycles. The topological polar surface area (TPSA) is 106 Å². The van der Waals surface area contributed by atoms with Crippen molar-refractivity contribution in [1.82, 2.24) is 19.7 Å². The normalized spacial score (nSPS) is 11.1. The Bertz CT molecular complexity index is 1220. The Labute approximate surface area is 165 Å². The van der Waals surface area contributed by atoms with Gasteiger partial charge in [-0.3, -0.25) is 14.6 Å². The van der Waals surface area contributed by atoms with E-state index < -0.39 is 0 Å². The van der Waals surface area contributed by atoms with Crippen molar-refractivity contribution in [2.45, 2.75) is 6.92 Å². The van der Waals surface area contributed by atoms with Gasteiger partial charge in [0.15, 0.2) is 5.76 Å². The highest BCUT2D eigenvalue weighted by Crippen LogP contribution is 2.24. The lowest BCUT2D eigenvalue weighted by Crippen LogP contribution is -2.17. The lowest BCUT2D eigenvalue weighted by Gasteiger charge is -2.08. The molecule has 0 fully saturated rings. The van der Waals surface area contributed by atoms with Crippen LogP contribution in [0.3, 0.4) is 0 Å². The fourth-order valence-electron chi connectivity index (χ4n) is 2.80. The second-order valence-electron chi connectivity index (χ2n) is 6.11. The smallest absolute Gasteiger partial charge is 0.252 e. The van der Waals surface area contributed by atoms with Gasteiger partial charge in [0.1, 0.15) is 11.5 Å². The highest BCUT2D eigenvalue weighted by Gasteiger charge is 2.17. The van der Waals surface area contributed by atoms with Gasteiger partial charge in [0, 0.05) is 17.7 Å². The third-order valence-electron chi connectivity index (χ3n) is 4.05. The van der Waals surface area contributed by atoms with Gasteiger partial charge in [-0.25, -0.2) is 4.98 Å². The van der Waals surface area contributed by atoms with Crippen LogP contribution < -0.4 is 10.9 Å². The van der Waals surface area contributed by atoms with Crippen LogP contribution in [0.1, 0.15) is 6.92 Å². The van der Waals surface area contributed by atoms with Crippen LogP contribution in [0.25, 0.3) is 28.7 Å². The summed E-state index contributed by atoms with van der Waals surface area (Å²) in [7, 11) is 0. The molecule has 0 aliphatic rings. The number of nitrogens with zero attached hydrogens (tertiary/aromatic N) is 3. The Balaban J connectivity index is 1.84. The maximum atomic E-state index is 12.3. The second kappa shape index (κ2) is 7.81. The lowest BCUT2D eigenvalue weighted by atomic mass is 10.1. The number of H-pyrrole nitrogens is 1. The van der Waals surface area contributed by atoms with E-state index in [0.717, 1.165) is 5.56 Å². The van der Waals surface area contributed by atoms with E-state index in [1.807, 2.05) is 30.3 Å². The fraction of sp³-hybridized carbons (Fsp3) is 0.0476. The van der Waals surface area contributed by atoms with E-state index in [1.54, 1.807) is 31.2 Å². The van der Waals surface area contributed by atoms with Crippen molar-refractivity contribution in [3.63, 3.8) is 0 Å². The average molecular weight is 387 g/mol. The number of aromatic nitrogens is 4. The van der Waals surface area contributed by atoms with Crippen LogP contribution in [0, 0.1) is 0 Å². The molecule has 0 radical (unpaired) electrons. The van der Waals surface area contributed by atoms with E-state index in [0.29, 0.717) is 23.0 Å². The Hall–Kier alpha value is -4.20. The van der Waals surface area contributed by atoms with Gasteiger partial charge in [0.05, 0.1) is 12.0 Å². The van der Waals surface area contributed by atoms with Crippen LogP contribution in [-0.4, -0.2) is 25.7 Å². The molecule has 0 spiro atoms. The SMILES string of the molecule is C/C=C\C(=O)Nc1cc(-c2ccco2)nn1-c1nc(-c2ccccc2)cc(=O)[nH]1. The average Bonchev–Trinajstić information content (AvgIpc) is 3.38. The summed E-state index contributed by atoms with van der Waals surface area (Å²) in [6, 6.07) is 15.9. The highest BCUT2D eigenvalue weighted by molar-refractivity contribution is 5.99. The van der Waals surface area contributed by atoms with E-state index in [1.165, 1.54) is 23.1 Å². The van der Waals surface area contributed by atoms with Gasteiger partial charge in [0.25, 0.3) is 5.56 Å². The molecule has 0 atom stereocenters. The largest absolute Gasteiger partial charge is 0.463 e. The summed E-state index contributed by atoms with van der Waals surface area (Å²) in [5.41, 5.74) is 1.43. The molecule has 0 aliphatic heterocycles. The van der Waals surface area contributed by atoms with Crippen LogP contribution in [0.4, 0.5) is 5.82 Å². The molecule has 29 heavy (non-hydrogen) atoms. The van der Waals surface area contributed by atoms with Crippen LogP contribution in [-0.2, 0) is 4.79 Å². The van der Waals surface area contributed by atoms with Crippen LogP contribution in [0.5, 0.6) is 0 Å². The van der Waals surface area contributed by atoms with Crippen molar-refractivity contribution in [3.8, 4) is 28.7 Å². The first kappa shape index (κ1) is 18.2. The van der Waals surface area contributed by atoms with E-state index in [2.05, 4.69) is 20.4 Å². The molecule has 144 valence electrons. The number of nitrogens with one attached hydrogen (secondary N) is 2. The Morgan fingerprint density at radius 2 is 1.97 bits per heavy atom. The number of allylic oxidation sites excluding steroid dienone is 1. The molecule has 8 heteroatoms. The molecule has 8 nitrogen and oxygen atoms in total. The van der Waals surface area contributed by atoms with Gasteiger partial charge in [0.2, 0.25) is 11.9 Å². The van der Waals surface area contributed by atoms with Gasteiger partial charge < -0.3 is 9.73 Å². The van der Waals surface area contributed by atoms with Gasteiger partial charge in [-0.15, -0.1) is 0 Å². The highest BCUT2D eigenvalue weighted by atomic mass is 16.3. The molecular weight excluding hydrogens is 370 g/mol. The molecule has 0 bridgehead atoms. The van der Waals surface area contributed by atoms with Crippen molar-refractivity contribution in [2.75, 3.05) is 5.32 Å². The molecule has 4 rings (SSSR count). The van der Waals surface area contributed by atoms with Crippen molar-refractivity contribution >= 4 is 11.7 Å². The van der Waals surface area contributed by atoms with Gasteiger partial charge >= 0.3 is 0 Å². The number of furan rings is 1. The first-order chi connectivity index (χ1) is 14.1. The Morgan fingerprint density at radius 1 is 1.14 bits per heavy atom. The monoisotopic (exact) mass is 387 g/mol. The number of carbonyl (C=O) groups is 1. The Morgan fingerprint density at radius 3 is 2.69 bits per heavy atom. The summed E-state index contributed by atoms with van der Waals surface area (Å²) >= 11 is 0. The number of aromatic amines is 1. The summed E-state index contributed by atoms with van der Waals surface area (Å²) in [6.45, 7) is 1.74. The summed E-state index contributed by atoms with van der Waals surface area (Å²) < 4.78 is 6.77. The number of hydrogen-bond acceptors (Lipinski definition) is 5. The van der Waals surface area contributed by atoms with Crippen molar-refractivity contribution < 1.29 is 9.21 Å². The molecule has 3 aromatic heterocycles. The minimum atomic E-state index is -0.338. The summed E-state index contributed by atoms with van der Waals surface area (Å²) in [6.07, 6.45) is 4.54. The molecule has 0 saturated heterocycles. The molecule has 4 aromatic rings. The minimum Gasteiger partial charge on any atom is -0.463 e. The van der Waals surface area contributed by atoms with Crippen LogP contribution in [0.15, 0.2) is 82.2 Å². The standard InChI is InChI=1S/C21H17N5O3/c1-2-7-19(27)23-18-12-16(17-10-6-11-29-17)25-26(18)21-22-15(13-20(28)24-21)14-8-4-3-5-9-14/h2-13H,1H3,(H,23,27)(H,22,24,28)/b7-2-. The number of anilines is 1. The van der Waals surface area contributed by atoms with Crippen LogP contribution in [0.2, 0.25) is 0 Å². The molecular formula is C21H17N5O3. The maximum absolute atomic E-state index is 12.3. The van der Waals surface area contributed by atoms with Crippen molar-refractivity contribution in [3.05, 3.63) is 83.4 Å². The van der Waals surface area contributed by atoms with Gasteiger partial charge in [-0.2, -0.15) is 9.78 Å². The zero-order valence-electron chi connectivity index (χ0n) is 15.5. The first-order valence-electron chi connectivity index (χ1n) is 8.89. The quantitative estimate of drug-likeness (QED) is 0.511. The molecule has 1 amide bonds. The fourth-order valence-corrected chi connectivity index (χ4v) is 2.80. The summed E-state index contributed by atoms with van der Waals surface area (Å²) in [5.74, 6) is 0.700. The Kier molecular flexibility index (Phi) is 4.90. The molecule has 2 N–H and O–H groups in total. The number of amides is 1. The second-order valence-corrected chi connectivity index (χ2v) is 6.11. The van der Waals surface area contributed by atoms with E-state index in [-0.39, 0.29) is 17.4 Å². The molecule has 0 unspecified atom stereocenters.